The molecule has 1 aliphatic rings. The Balaban J connectivity index is 1.45. The molecule has 3 rings (SSSR count). The molecular formula is C16H19ClN4O2S2. The van der Waals surface area contributed by atoms with Crippen LogP contribution in [0.1, 0.15) is 18.4 Å². The molecule has 1 amide bonds. The number of hydrogen-bond donors (Lipinski definition) is 2. The third-order valence-corrected chi connectivity index (χ3v) is 5.96. The minimum atomic E-state index is -0.0977. The smallest absolute Gasteiger partial charge is 0.234 e. The Morgan fingerprint density at radius 2 is 2.36 bits per heavy atom. The van der Waals surface area contributed by atoms with Crippen LogP contribution in [0.15, 0.2) is 22.5 Å². The zero-order valence-corrected chi connectivity index (χ0v) is 16.1. The van der Waals surface area contributed by atoms with Gasteiger partial charge in [-0.3, -0.25) is 4.79 Å². The lowest BCUT2D eigenvalue weighted by Gasteiger charge is -2.08. The molecule has 2 N–H and O–H groups in total. The highest BCUT2D eigenvalue weighted by atomic mass is 35.5. The van der Waals surface area contributed by atoms with Gasteiger partial charge in [0.05, 0.1) is 11.9 Å². The summed E-state index contributed by atoms with van der Waals surface area (Å²) in [4.78, 5) is 12.1. The van der Waals surface area contributed by atoms with Crippen LogP contribution in [0.5, 0.6) is 0 Å². The van der Waals surface area contributed by atoms with Crippen molar-refractivity contribution in [1.29, 1.82) is 0 Å². The first-order valence-electron chi connectivity index (χ1n) is 7.98. The van der Waals surface area contributed by atoms with Gasteiger partial charge in [-0.05, 0) is 37.5 Å². The minimum Gasteiger partial charge on any atom is -0.376 e. The highest BCUT2D eigenvalue weighted by Crippen LogP contribution is 2.26. The summed E-state index contributed by atoms with van der Waals surface area (Å²) in [6, 6.07) is 5.42. The topological polar surface area (TPSA) is 76.1 Å². The summed E-state index contributed by atoms with van der Waals surface area (Å²) in [6.45, 7) is 3.51. The molecule has 1 fully saturated rings. The van der Waals surface area contributed by atoms with Crippen molar-refractivity contribution in [3.8, 4) is 0 Å². The zero-order chi connectivity index (χ0) is 17.6. The Morgan fingerprint density at radius 3 is 3.16 bits per heavy atom. The van der Waals surface area contributed by atoms with Crippen LogP contribution in [0, 0.1) is 6.92 Å². The monoisotopic (exact) mass is 398 g/mol. The van der Waals surface area contributed by atoms with E-state index in [0.717, 1.165) is 46.7 Å². The number of rotatable bonds is 7. The predicted molar refractivity (Wildman–Crippen MR) is 103 cm³/mol. The lowest BCUT2D eigenvalue weighted by Crippen LogP contribution is -2.18. The molecule has 9 heteroatoms. The van der Waals surface area contributed by atoms with Gasteiger partial charge < -0.3 is 15.4 Å². The van der Waals surface area contributed by atoms with E-state index in [2.05, 4.69) is 20.8 Å². The third kappa shape index (κ3) is 5.57. The number of benzene rings is 1. The summed E-state index contributed by atoms with van der Waals surface area (Å²) in [5.41, 5.74) is 1.70. The van der Waals surface area contributed by atoms with E-state index < -0.39 is 0 Å². The molecule has 6 nitrogen and oxygen atoms in total. The van der Waals surface area contributed by atoms with Crippen molar-refractivity contribution in [2.24, 2.45) is 0 Å². The van der Waals surface area contributed by atoms with Crippen LogP contribution < -0.4 is 10.6 Å². The summed E-state index contributed by atoms with van der Waals surface area (Å²) >= 11 is 8.77. The Kier molecular flexibility index (Phi) is 6.52. The van der Waals surface area contributed by atoms with Gasteiger partial charge in [0, 0.05) is 23.9 Å². The van der Waals surface area contributed by atoms with Crippen molar-refractivity contribution in [3.63, 3.8) is 0 Å². The normalized spacial score (nSPS) is 16.8. The van der Waals surface area contributed by atoms with Crippen molar-refractivity contribution in [1.82, 2.24) is 10.2 Å². The second-order valence-electron chi connectivity index (χ2n) is 5.69. The number of nitrogens with zero attached hydrogens (tertiary/aromatic N) is 2. The van der Waals surface area contributed by atoms with Gasteiger partial charge in [-0.25, -0.2) is 0 Å². The summed E-state index contributed by atoms with van der Waals surface area (Å²) in [5, 5.41) is 15.7. The number of aromatic nitrogens is 2. The molecule has 134 valence electrons. The highest BCUT2D eigenvalue weighted by Gasteiger charge is 2.16. The van der Waals surface area contributed by atoms with Gasteiger partial charge in [0.1, 0.15) is 0 Å². The SMILES string of the molecule is Cc1ccc(Cl)cc1NC(=O)CSc1nnc(NCC2CCCO2)s1. The minimum absolute atomic E-state index is 0.0977. The second kappa shape index (κ2) is 8.84. The maximum Gasteiger partial charge on any atom is 0.234 e. The van der Waals surface area contributed by atoms with Gasteiger partial charge in [0.25, 0.3) is 0 Å². The number of aryl methyl sites for hydroxylation is 1. The summed E-state index contributed by atoms with van der Waals surface area (Å²) in [7, 11) is 0. The molecule has 25 heavy (non-hydrogen) atoms. The number of carbonyl (C=O) groups excluding carboxylic acids is 1. The Morgan fingerprint density at radius 1 is 1.48 bits per heavy atom. The molecule has 2 aromatic rings. The molecule has 1 aliphatic heterocycles. The first-order valence-corrected chi connectivity index (χ1v) is 10.2. The van der Waals surface area contributed by atoms with Crippen molar-refractivity contribution in [2.45, 2.75) is 30.2 Å². The van der Waals surface area contributed by atoms with Gasteiger partial charge in [0.2, 0.25) is 11.0 Å². The van der Waals surface area contributed by atoms with Crippen molar-refractivity contribution in [2.75, 3.05) is 29.5 Å². The number of ether oxygens (including phenoxy) is 1. The number of halogens is 1. The average Bonchev–Trinajstić information content (AvgIpc) is 3.26. The highest BCUT2D eigenvalue weighted by molar-refractivity contribution is 8.01. The molecule has 1 aromatic carbocycles. The van der Waals surface area contributed by atoms with Crippen molar-refractivity contribution in [3.05, 3.63) is 28.8 Å². The van der Waals surface area contributed by atoms with E-state index in [-0.39, 0.29) is 17.8 Å². The van der Waals surface area contributed by atoms with E-state index in [1.807, 2.05) is 13.0 Å². The van der Waals surface area contributed by atoms with E-state index in [4.69, 9.17) is 16.3 Å². The van der Waals surface area contributed by atoms with Crippen LogP contribution in [-0.4, -0.2) is 41.1 Å². The molecule has 1 atom stereocenters. The van der Waals surface area contributed by atoms with Gasteiger partial charge in [-0.2, -0.15) is 0 Å². The zero-order valence-electron chi connectivity index (χ0n) is 13.8. The maximum atomic E-state index is 12.1. The second-order valence-corrected chi connectivity index (χ2v) is 8.32. The van der Waals surface area contributed by atoms with Gasteiger partial charge in [-0.1, -0.05) is 40.8 Å². The first-order chi connectivity index (χ1) is 12.1. The number of carbonyl (C=O) groups is 1. The number of hydrogen-bond acceptors (Lipinski definition) is 7. The van der Waals surface area contributed by atoms with Gasteiger partial charge in [0.15, 0.2) is 4.34 Å². The summed E-state index contributed by atoms with van der Waals surface area (Å²) < 4.78 is 6.32. The predicted octanol–water partition coefficient (Wildman–Crippen LogP) is 3.82. The largest absolute Gasteiger partial charge is 0.376 e. The lowest BCUT2D eigenvalue weighted by atomic mass is 10.2. The van der Waals surface area contributed by atoms with Crippen LogP contribution in [0.25, 0.3) is 0 Å². The van der Waals surface area contributed by atoms with Crippen LogP contribution in [0.3, 0.4) is 0 Å². The first kappa shape index (κ1) is 18.4. The van der Waals surface area contributed by atoms with Gasteiger partial charge >= 0.3 is 0 Å². The number of nitrogens with one attached hydrogen (secondary N) is 2. The summed E-state index contributed by atoms with van der Waals surface area (Å²) in [6.07, 6.45) is 2.45. The molecule has 0 bridgehead atoms. The fraction of sp³-hybridized carbons (Fsp3) is 0.438. The van der Waals surface area contributed by atoms with Crippen LogP contribution in [0.4, 0.5) is 10.8 Å². The van der Waals surface area contributed by atoms with E-state index in [9.17, 15) is 4.79 Å². The fourth-order valence-electron chi connectivity index (χ4n) is 2.39. The maximum absolute atomic E-state index is 12.1. The standard InChI is InChI=1S/C16H19ClN4O2S2/c1-10-4-5-11(17)7-13(10)19-14(22)9-24-16-21-20-15(25-16)18-8-12-3-2-6-23-12/h4-5,7,12H,2-3,6,8-9H2,1H3,(H,18,20)(H,19,22). The molecule has 0 radical (unpaired) electrons. The Bertz CT molecular complexity index is 735. The molecule has 1 aromatic heterocycles. The molecule has 0 spiro atoms. The van der Waals surface area contributed by atoms with E-state index in [1.54, 1.807) is 12.1 Å². The molecule has 0 aliphatic carbocycles. The number of anilines is 2. The molecular weight excluding hydrogens is 380 g/mol. The van der Waals surface area contributed by atoms with E-state index in [0.29, 0.717) is 5.02 Å². The Hall–Kier alpha value is -1.35. The van der Waals surface area contributed by atoms with Crippen LogP contribution >= 0.6 is 34.7 Å². The van der Waals surface area contributed by atoms with Crippen molar-refractivity contribution >= 4 is 51.4 Å². The molecule has 1 saturated heterocycles. The lowest BCUT2D eigenvalue weighted by molar-refractivity contribution is -0.113. The molecule has 1 unspecified atom stereocenters. The quantitative estimate of drug-likeness (QED) is 0.690. The number of thioether (sulfide) groups is 1. The number of amides is 1. The summed E-state index contributed by atoms with van der Waals surface area (Å²) in [5.74, 6) is 0.172. The van der Waals surface area contributed by atoms with Gasteiger partial charge in [-0.15, -0.1) is 10.2 Å². The van der Waals surface area contributed by atoms with Crippen LogP contribution in [0.2, 0.25) is 5.02 Å². The molecule has 0 saturated carbocycles. The van der Waals surface area contributed by atoms with Crippen LogP contribution in [-0.2, 0) is 9.53 Å². The third-order valence-electron chi connectivity index (χ3n) is 3.71. The van der Waals surface area contributed by atoms with Crippen molar-refractivity contribution < 1.29 is 9.53 Å². The van der Waals surface area contributed by atoms with E-state index in [1.165, 1.54) is 23.1 Å². The Labute approximate surface area is 159 Å². The fourth-order valence-corrected chi connectivity index (χ4v) is 4.12. The molecule has 2 heterocycles. The average molecular weight is 399 g/mol. The van der Waals surface area contributed by atoms with E-state index >= 15 is 0 Å².